The number of nitrogens with one attached hydrogen (secondary N) is 1. The highest BCUT2D eigenvalue weighted by Gasteiger charge is 2.14. The van der Waals surface area contributed by atoms with Gasteiger partial charge in [0, 0.05) is 26.6 Å². The quantitative estimate of drug-likeness (QED) is 0.543. The van der Waals surface area contributed by atoms with E-state index in [0.29, 0.717) is 18.8 Å². The number of primary amides is 1. The van der Waals surface area contributed by atoms with Crippen molar-refractivity contribution in [2.75, 3.05) is 6.54 Å². The van der Waals surface area contributed by atoms with Gasteiger partial charge >= 0.3 is 5.97 Å². The van der Waals surface area contributed by atoms with Gasteiger partial charge in [0.15, 0.2) is 0 Å². The molecule has 0 aliphatic rings. The molecule has 7 nitrogen and oxygen atoms in total. The van der Waals surface area contributed by atoms with Gasteiger partial charge in [-0.15, -0.1) is 0 Å². The Balaban J connectivity index is 2.56. The Kier molecular flexibility index (Phi) is 4.01. The molecule has 1 aromatic rings. The number of nitrogens with zero attached hydrogens (tertiary/aromatic N) is 2. The SMILES string of the molecule is Cn1ncc(C(=O)O)c1CNCCC(N)=O. The molecule has 0 aromatic carbocycles. The smallest absolute Gasteiger partial charge is 0.339 e. The fraction of sp³-hybridized carbons (Fsp3) is 0.444. The summed E-state index contributed by atoms with van der Waals surface area (Å²) in [5.74, 6) is -1.41. The molecule has 1 rings (SSSR count). The predicted molar refractivity (Wildman–Crippen MR) is 55.7 cm³/mol. The molecule has 0 aliphatic carbocycles. The summed E-state index contributed by atoms with van der Waals surface area (Å²) in [6, 6.07) is 0. The third-order valence-electron chi connectivity index (χ3n) is 2.13. The van der Waals surface area contributed by atoms with Gasteiger partial charge < -0.3 is 16.2 Å². The van der Waals surface area contributed by atoms with Crippen LogP contribution in [0.5, 0.6) is 0 Å². The molecule has 1 heterocycles. The number of aromatic carboxylic acids is 1. The van der Waals surface area contributed by atoms with Crippen molar-refractivity contribution in [2.45, 2.75) is 13.0 Å². The number of aryl methyl sites for hydroxylation is 1. The molecule has 0 atom stereocenters. The first-order valence-electron chi connectivity index (χ1n) is 4.75. The van der Waals surface area contributed by atoms with Crippen molar-refractivity contribution in [1.82, 2.24) is 15.1 Å². The molecule has 0 saturated heterocycles. The van der Waals surface area contributed by atoms with E-state index >= 15 is 0 Å². The third kappa shape index (κ3) is 3.06. The number of rotatable bonds is 6. The number of aromatic nitrogens is 2. The van der Waals surface area contributed by atoms with Crippen molar-refractivity contribution in [3.05, 3.63) is 17.5 Å². The normalized spacial score (nSPS) is 10.3. The lowest BCUT2D eigenvalue weighted by atomic mass is 10.2. The van der Waals surface area contributed by atoms with Gasteiger partial charge in [-0.05, 0) is 0 Å². The number of carbonyl (C=O) groups excluding carboxylic acids is 1. The highest BCUT2D eigenvalue weighted by molar-refractivity contribution is 5.88. The van der Waals surface area contributed by atoms with E-state index in [-0.39, 0.29) is 12.0 Å². The van der Waals surface area contributed by atoms with Crippen LogP contribution in [0.4, 0.5) is 0 Å². The summed E-state index contributed by atoms with van der Waals surface area (Å²) in [5, 5.41) is 15.7. The Hall–Kier alpha value is -1.89. The maximum absolute atomic E-state index is 10.8. The minimum Gasteiger partial charge on any atom is -0.478 e. The number of nitrogens with two attached hydrogens (primary N) is 1. The molecule has 0 saturated carbocycles. The van der Waals surface area contributed by atoms with E-state index in [4.69, 9.17) is 10.8 Å². The molecule has 7 heteroatoms. The predicted octanol–water partition coefficient (Wildman–Crippen LogP) is -0.917. The molecule has 88 valence electrons. The van der Waals surface area contributed by atoms with E-state index in [0.717, 1.165) is 0 Å². The molecule has 16 heavy (non-hydrogen) atoms. The summed E-state index contributed by atoms with van der Waals surface area (Å²) in [6.45, 7) is 0.755. The molecular weight excluding hydrogens is 212 g/mol. The van der Waals surface area contributed by atoms with Gasteiger partial charge in [-0.2, -0.15) is 5.10 Å². The number of carboxylic acid groups (broad SMARTS) is 1. The molecule has 0 aliphatic heterocycles. The molecule has 4 N–H and O–H groups in total. The van der Waals surface area contributed by atoms with Gasteiger partial charge in [0.25, 0.3) is 0 Å². The Bertz CT molecular complexity index is 399. The van der Waals surface area contributed by atoms with Gasteiger partial charge in [0.1, 0.15) is 5.56 Å². The van der Waals surface area contributed by atoms with Crippen LogP contribution in [0.25, 0.3) is 0 Å². The van der Waals surface area contributed by atoms with Gasteiger partial charge in [-0.1, -0.05) is 0 Å². The summed E-state index contributed by atoms with van der Waals surface area (Å²) in [4.78, 5) is 21.3. The van der Waals surface area contributed by atoms with Crippen molar-refractivity contribution in [1.29, 1.82) is 0 Å². The lowest BCUT2D eigenvalue weighted by Crippen LogP contribution is -2.23. The number of amides is 1. The minimum absolute atomic E-state index is 0.161. The zero-order valence-electron chi connectivity index (χ0n) is 8.93. The number of carbonyl (C=O) groups is 2. The summed E-state index contributed by atoms with van der Waals surface area (Å²) in [5.41, 5.74) is 5.70. The average molecular weight is 226 g/mol. The molecule has 1 aromatic heterocycles. The fourth-order valence-corrected chi connectivity index (χ4v) is 1.27. The van der Waals surface area contributed by atoms with Crippen LogP contribution < -0.4 is 11.1 Å². The molecule has 0 bridgehead atoms. The van der Waals surface area contributed by atoms with Crippen LogP contribution >= 0.6 is 0 Å². The second-order valence-corrected chi connectivity index (χ2v) is 3.33. The maximum Gasteiger partial charge on any atom is 0.339 e. The van der Waals surface area contributed by atoms with Crippen LogP contribution in [0.2, 0.25) is 0 Å². The number of hydrogen-bond acceptors (Lipinski definition) is 4. The van der Waals surface area contributed by atoms with Crippen molar-refractivity contribution in [2.24, 2.45) is 12.8 Å². The minimum atomic E-state index is -1.01. The van der Waals surface area contributed by atoms with Gasteiger partial charge in [-0.3, -0.25) is 9.48 Å². The zero-order chi connectivity index (χ0) is 12.1. The average Bonchev–Trinajstić information content (AvgIpc) is 2.54. The van der Waals surface area contributed by atoms with Crippen LogP contribution in [-0.2, 0) is 18.4 Å². The molecule has 0 spiro atoms. The second-order valence-electron chi connectivity index (χ2n) is 3.33. The number of carboxylic acids is 1. The summed E-state index contributed by atoms with van der Waals surface area (Å²) in [6.07, 6.45) is 1.52. The largest absolute Gasteiger partial charge is 0.478 e. The van der Waals surface area contributed by atoms with Crippen molar-refractivity contribution >= 4 is 11.9 Å². The summed E-state index contributed by atoms with van der Waals surface area (Å²) < 4.78 is 1.49. The summed E-state index contributed by atoms with van der Waals surface area (Å²) in [7, 11) is 1.66. The standard InChI is InChI=1S/C9H14N4O3/c1-13-7(5-11-3-2-8(10)14)6(4-12-13)9(15)16/h4,11H,2-3,5H2,1H3,(H2,10,14)(H,15,16). The molecule has 0 radical (unpaired) electrons. The van der Waals surface area contributed by atoms with Crippen LogP contribution in [0.1, 0.15) is 22.5 Å². The van der Waals surface area contributed by atoms with Crippen molar-refractivity contribution in [3.63, 3.8) is 0 Å². The summed E-state index contributed by atoms with van der Waals surface area (Å²) >= 11 is 0. The van der Waals surface area contributed by atoms with E-state index in [1.54, 1.807) is 7.05 Å². The van der Waals surface area contributed by atoms with E-state index in [2.05, 4.69) is 10.4 Å². The fourth-order valence-electron chi connectivity index (χ4n) is 1.27. The Morgan fingerprint density at radius 3 is 2.88 bits per heavy atom. The Morgan fingerprint density at radius 2 is 2.31 bits per heavy atom. The van der Waals surface area contributed by atoms with Gasteiger partial charge in [0.05, 0.1) is 11.9 Å². The maximum atomic E-state index is 10.8. The Morgan fingerprint density at radius 1 is 1.62 bits per heavy atom. The molecule has 1 amide bonds. The molecule has 0 fully saturated rings. The van der Waals surface area contributed by atoms with Crippen molar-refractivity contribution in [3.8, 4) is 0 Å². The second kappa shape index (κ2) is 5.26. The van der Waals surface area contributed by atoms with Crippen LogP contribution in [-0.4, -0.2) is 33.3 Å². The van der Waals surface area contributed by atoms with E-state index in [1.807, 2.05) is 0 Å². The first-order valence-corrected chi connectivity index (χ1v) is 4.75. The monoisotopic (exact) mass is 226 g/mol. The highest BCUT2D eigenvalue weighted by atomic mass is 16.4. The first-order chi connectivity index (χ1) is 7.52. The third-order valence-corrected chi connectivity index (χ3v) is 2.13. The lowest BCUT2D eigenvalue weighted by molar-refractivity contribution is -0.117. The van der Waals surface area contributed by atoms with Crippen molar-refractivity contribution < 1.29 is 14.7 Å². The van der Waals surface area contributed by atoms with Crippen LogP contribution in [0.15, 0.2) is 6.20 Å². The van der Waals surface area contributed by atoms with E-state index in [1.165, 1.54) is 10.9 Å². The number of hydrogen-bond donors (Lipinski definition) is 3. The lowest BCUT2D eigenvalue weighted by Gasteiger charge is -2.05. The zero-order valence-corrected chi connectivity index (χ0v) is 8.93. The molecular formula is C9H14N4O3. The highest BCUT2D eigenvalue weighted by Crippen LogP contribution is 2.06. The molecule has 0 unspecified atom stereocenters. The first kappa shape index (κ1) is 12.2. The van der Waals surface area contributed by atoms with Crippen LogP contribution in [0, 0.1) is 0 Å². The van der Waals surface area contributed by atoms with E-state index in [9.17, 15) is 9.59 Å². The van der Waals surface area contributed by atoms with Gasteiger partial charge in [-0.25, -0.2) is 4.79 Å². The topological polar surface area (TPSA) is 110 Å². The van der Waals surface area contributed by atoms with E-state index < -0.39 is 11.9 Å². The van der Waals surface area contributed by atoms with Gasteiger partial charge in [0.2, 0.25) is 5.91 Å². The Labute approximate surface area is 92.2 Å². The van der Waals surface area contributed by atoms with Crippen LogP contribution in [0.3, 0.4) is 0 Å².